The molecule has 0 aromatic heterocycles. The van der Waals surface area contributed by atoms with E-state index in [2.05, 4.69) is 5.32 Å². The number of nitrogens with one attached hydrogen (secondary N) is 1. The van der Waals surface area contributed by atoms with Crippen molar-refractivity contribution in [2.45, 2.75) is 23.9 Å². The number of hydrogen-bond acceptors (Lipinski definition) is 2. The van der Waals surface area contributed by atoms with E-state index >= 15 is 0 Å². The van der Waals surface area contributed by atoms with Gasteiger partial charge in [0, 0.05) is 10.9 Å². The van der Waals surface area contributed by atoms with Gasteiger partial charge < -0.3 is 10.1 Å². The molecular weight excluding hydrogens is 367 g/mol. The normalized spacial score (nSPS) is 13.2. The second-order valence-electron chi connectivity index (χ2n) is 4.28. The molecule has 3 nitrogen and oxygen atoms in total. The molecule has 1 aromatic carbocycles. The van der Waals surface area contributed by atoms with E-state index in [-0.39, 0.29) is 22.6 Å². The smallest absolute Gasteiger partial charge is 0.246 e. The highest BCUT2D eigenvalue weighted by Gasteiger charge is 2.36. The van der Waals surface area contributed by atoms with Crippen molar-refractivity contribution in [3.63, 3.8) is 0 Å². The van der Waals surface area contributed by atoms with Crippen LogP contribution < -0.4 is 10.1 Å². The Hall–Kier alpha value is -0.0600. The van der Waals surface area contributed by atoms with Crippen LogP contribution in [0.4, 0.5) is 0 Å². The van der Waals surface area contributed by atoms with Crippen LogP contribution in [-0.2, 0) is 4.79 Å². The lowest BCUT2D eigenvalue weighted by molar-refractivity contribution is -0.126. The minimum atomic E-state index is -1.85. The van der Waals surface area contributed by atoms with Crippen molar-refractivity contribution in [1.82, 2.24) is 5.32 Å². The number of halogens is 5. The first kappa shape index (κ1) is 18.0. The fourth-order valence-electron chi connectivity index (χ4n) is 1.17. The van der Waals surface area contributed by atoms with Gasteiger partial charge in [-0.25, -0.2) is 0 Å². The molecule has 112 valence electrons. The predicted molar refractivity (Wildman–Crippen MR) is 84.1 cm³/mol. The minimum absolute atomic E-state index is 0.246. The van der Waals surface area contributed by atoms with Crippen LogP contribution in [0.25, 0.3) is 0 Å². The molecule has 0 heterocycles. The van der Waals surface area contributed by atoms with Gasteiger partial charge in [0.2, 0.25) is 15.9 Å². The fraction of sp³-hybridized carbons (Fsp3) is 0.417. The Balaban J connectivity index is 2.93. The van der Waals surface area contributed by atoms with E-state index in [4.69, 9.17) is 62.7 Å². The molecule has 0 aliphatic heterocycles. The summed E-state index contributed by atoms with van der Waals surface area (Å²) in [5, 5.41) is 3.19. The molecule has 1 amide bonds. The molecule has 0 bridgehead atoms. The predicted octanol–water partition coefficient (Wildman–Crippen LogP) is 4.84. The molecular formula is C12H12Cl5NO2. The molecule has 1 atom stereocenters. The van der Waals surface area contributed by atoms with Crippen molar-refractivity contribution in [2.24, 2.45) is 5.92 Å². The summed E-state index contributed by atoms with van der Waals surface area (Å²) in [6, 6.07) is 4.58. The van der Waals surface area contributed by atoms with Crippen molar-refractivity contribution in [3.8, 4) is 5.75 Å². The standard InChI is InChI=1S/C12H12Cl5NO2/c1-6(2)10(19)18-11(12(15,16)17)20-9-4-3-7(13)5-8(9)14/h3-6,11H,1-2H3,(H,18,19)/t11-/m1/s1. The molecule has 8 heteroatoms. The van der Waals surface area contributed by atoms with Crippen LogP contribution in [0.5, 0.6) is 5.75 Å². The first-order valence-electron chi connectivity index (χ1n) is 5.60. The summed E-state index contributed by atoms with van der Waals surface area (Å²) < 4.78 is 3.61. The highest BCUT2D eigenvalue weighted by molar-refractivity contribution is 6.68. The number of carbonyl (C=O) groups excluding carboxylic acids is 1. The Labute approximate surface area is 142 Å². The fourth-order valence-corrected chi connectivity index (χ4v) is 1.92. The van der Waals surface area contributed by atoms with Crippen molar-refractivity contribution < 1.29 is 9.53 Å². The average Bonchev–Trinajstić information content (AvgIpc) is 2.29. The van der Waals surface area contributed by atoms with Gasteiger partial charge in [0.05, 0.1) is 5.02 Å². The van der Waals surface area contributed by atoms with Gasteiger partial charge in [-0.3, -0.25) is 4.79 Å². The largest absolute Gasteiger partial charge is 0.464 e. The molecule has 0 aliphatic carbocycles. The van der Waals surface area contributed by atoms with Gasteiger partial charge in [-0.2, -0.15) is 0 Å². The van der Waals surface area contributed by atoms with Crippen LogP contribution in [0.1, 0.15) is 13.8 Å². The summed E-state index contributed by atoms with van der Waals surface area (Å²) >= 11 is 29.2. The third-order valence-electron chi connectivity index (χ3n) is 2.23. The zero-order chi connectivity index (χ0) is 15.5. The quantitative estimate of drug-likeness (QED) is 0.600. The zero-order valence-corrected chi connectivity index (χ0v) is 14.4. The summed E-state index contributed by atoms with van der Waals surface area (Å²) in [7, 11) is 0. The van der Waals surface area contributed by atoms with E-state index in [1.54, 1.807) is 19.9 Å². The molecule has 0 radical (unpaired) electrons. The number of hydrogen-bond donors (Lipinski definition) is 1. The van der Waals surface area contributed by atoms with Gasteiger partial charge in [-0.15, -0.1) is 0 Å². The van der Waals surface area contributed by atoms with Crippen LogP contribution in [0.15, 0.2) is 18.2 Å². The van der Waals surface area contributed by atoms with Crippen molar-refractivity contribution >= 4 is 63.9 Å². The van der Waals surface area contributed by atoms with Crippen LogP contribution in [-0.4, -0.2) is 15.9 Å². The number of ether oxygens (including phenoxy) is 1. The van der Waals surface area contributed by atoms with Crippen LogP contribution in [0.3, 0.4) is 0 Å². The van der Waals surface area contributed by atoms with Crippen molar-refractivity contribution in [2.75, 3.05) is 0 Å². The second-order valence-corrected chi connectivity index (χ2v) is 7.49. The molecule has 0 unspecified atom stereocenters. The SMILES string of the molecule is CC(C)C(=O)N[C@H](Oc1ccc(Cl)cc1Cl)C(Cl)(Cl)Cl. The third kappa shape index (κ3) is 5.38. The maximum absolute atomic E-state index is 11.7. The van der Waals surface area contributed by atoms with Crippen molar-refractivity contribution in [1.29, 1.82) is 0 Å². The molecule has 0 saturated carbocycles. The van der Waals surface area contributed by atoms with Gasteiger partial charge in [0.1, 0.15) is 5.75 Å². The number of carbonyl (C=O) groups is 1. The average molecular weight is 379 g/mol. The second kappa shape index (κ2) is 7.28. The summed E-state index contributed by atoms with van der Waals surface area (Å²) in [6.45, 7) is 3.42. The topological polar surface area (TPSA) is 38.3 Å². The molecule has 0 fully saturated rings. The Kier molecular flexibility index (Phi) is 6.55. The lowest BCUT2D eigenvalue weighted by Gasteiger charge is -2.27. The number of amides is 1. The molecule has 1 aromatic rings. The maximum Gasteiger partial charge on any atom is 0.246 e. The Morgan fingerprint density at radius 2 is 1.85 bits per heavy atom. The highest BCUT2D eigenvalue weighted by Crippen LogP contribution is 2.35. The maximum atomic E-state index is 11.7. The van der Waals surface area contributed by atoms with E-state index in [9.17, 15) is 4.79 Å². The Bertz CT molecular complexity index is 487. The van der Waals surface area contributed by atoms with Gasteiger partial charge in [0.15, 0.2) is 0 Å². The van der Waals surface area contributed by atoms with E-state index in [1.807, 2.05) is 0 Å². The van der Waals surface area contributed by atoms with Crippen molar-refractivity contribution in [3.05, 3.63) is 28.2 Å². The summed E-state index contributed by atoms with van der Waals surface area (Å²) in [6.07, 6.45) is -1.18. The molecule has 1 rings (SSSR count). The molecule has 0 aliphatic rings. The highest BCUT2D eigenvalue weighted by atomic mass is 35.6. The third-order valence-corrected chi connectivity index (χ3v) is 3.36. The summed E-state index contributed by atoms with van der Waals surface area (Å²) in [5.41, 5.74) is 0. The van der Waals surface area contributed by atoms with E-state index in [1.165, 1.54) is 12.1 Å². The molecule has 1 N–H and O–H groups in total. The minimum Gasteiger partial charge on any atom is -0.464 e. The van der Waals surface area contributed by atoms with Gasteiger partial charge in [-0.1, -0.05) is 71.9 Å². The number of benzene rings is 1. The van der Waals surface area contributed by atoms with Gasteiger partial charge >= 0.3 is 0 Å². The lowest BCUT2D eigenvalue weighted by Crippen LogP contribution is -2.49. The van der Waals surface area contributed by atoms with E-state index in [0.29, 0.717) is 5.02 Å². The number of alkyl halides is 3. The molecule has 0 saturated heterocycles. The van der Waals surface area contributed by atoms with Crippen LogP contribution in [0.2, 0.25) is 10.0 Å². The zero-order valence-electron chi connectivity index (χ0n) is 10.6. The van der Waals surface area contributed by atoms with Gasteiger partial charge in [0.25, 0.3) is 0 Å². The van der Waals surface area contributed by atoms with Crippen LogP contribution >= 0.6 is 58.0 Å². The van der Waals surface area contributed by atoms with E-state index in [0.717, 1.165) is 0 Å². The summed E-state index contributed by atoms with van der Waals surface area (Å²) in [5.74, 6) is -0.350. The Morgan fingerprint density at radius 3 is 2.30 bits per heavy atom. The molecule has 0 spiro atoms. The monoisotopic (exact) mass is 377 g/mol. The number of rotatable bonds is 4. The van der Waals surface area contributed by atoms with Gasteiger partial charge in [-0.05, 0) is 18.2 Å². The first-order valence-corrected chi connectivity index (χ1v) is 7.49. The summed E-state index contributed by atoms with van der Waals surface area (Å²) in [4.78, 5) is 11.7. The lowest BCUT2D eigenvalue weighted by atomic mass is 10.2. The first-order chi connectivity index (χ1) is 9.11. The van der Waals surface area contributed by atoms with E-state index < -0.39 is 10.0 Å². The Morgan fingerprint density at radius 1 is 1.25 bits per heavy atom. The van der Waals surface area contributed by atoms with Crippen LogP contribution in [0, 0.1) is 5.92 Å². The molecule has 20 heavy (non-hydrogen) atoms.